The van der Waals surface area contributed by atoms with Gasteiger partial charge in [0.1, 0.15) is 5.76 Å². The summed E-state index contributed by atoms with van der Waals surface area (Å²) < 4.78 is 5.15. The van der Waals surface area contributed by atoms with Gasteiger partial charge in [-0.15, -0.1) is 0 Å². The van der Waals surface area contributed by atoms with Gasteiger partial charge in [0.25, 0.3) is 0 Å². The van der Waals surface area contributed by atoms with E-state index in [0.717, 1.165) is 17.0 Å². The number of hydrogen-bond acceptors (Lipinski definition) is 3. The first-order valence-electron chi connectivity index (χ1n) is 7.44. The monoisotopic (exact) mass is 274 g/mol. The van der Waals surface area contributed by atoms with Crippen LogP contribution in [-0.4, -0.2) is 23.0 Å². The number of rotatable bonds is 5. The average Bonchev–Trinajstić information content (AvgIpc) is 3.31. The molecule has 0 N–H and O–H groups in total. The minimum atomic E-state index is 0.110. The predicted octanol–water partition coefficient (Wildman–Crippen LogP) is 3.00. The molecule has 2 aliphatic rings. The lowest BCUT2D eigenvalue weighted by Crippen LogP contribution is -2.25. The molecular weight excluding hydrogens is 252 g/mol. The van der Waals surface area contributed by atoms with Crippen LogP contribution in [0.1, 0.15) is 42.7 Å². The van der Waals surface area contributed by atoms with Gasteiger partial charge in [0.15, 0.2) is 0 Å². The number of hydrogen-bond donors (Lipinski definition) is 0. The van der Waals surface area contributed by atoms with Gasteiger partial charge in [-0.2, -0.15) is 0 Å². The smallest absolute Gasteiger partial charge is 0.246 e. The van der Waals surface area contributed by atoms with E-state index < -0.39 is 0 Å². The standard InChI is InChI=1S/C16H22N2O2/c1-10-15(11(2)20-17-10)9-18(3)16(19)8-14(12-4-5-12)13-6-7-13/h8,12-13H,4-7,9H2,1-3H3. The number of aromatic nitrogens is 1. The Morgan fingerprint density at radius 1 is 1.30 bits per heavy atom. The van der Waals surface area contributed by atoms with E-state index >= 15 is 0 Å². The molecule has 0 atom stereocenters. The molecule has 0 unspecified atom stereocenters. The highest BCUT2D eigenvalue weighted by atomic mass is 16.5. The van der Waals surface area contributed by atoms with Crippen LogP contribution in [0.3, 0.4) is 0 Å². The van der Waals surface area contributed by atoms with E-state index in [1.165, 1.54) is 31.3 Å². The molecule has 0 spiro atoms. The molecule has 0 saturated heterocycles. The Kier molecular flexibility index (Phi) is 3.40. The number of carbonyl (C=O) groups excluding carboxylic acids is 1. The van der Waals surface area contributed by atoms with Crippen LogP contribution in [0.4, 0.5) is 0 Å². The van der Waals surface area contributed by atoms with Gasteiger partial charge >= 0.3 is 0 Å². The van der Waals surface area contributed by atoms with Gasteiger partial charge in [-0.1, -0.05) is 10.7 Å². The lowest BCUT2D eigenvalue weighted by molar-refractivity contribution is -0.125. The van der Waals surface area contributed by atoms with Crippen LogP contribution in [-0.2, 0) is 11.3 Å². The number of allylic oxidation sites excluding steroid dienone is 1. The highest BCUT2D eigenvalue weighted by molar-refractivity contribution is 5.88. The highest BCUT2D eigenvalue weighted by Gasteiger charge is 2.36. The highest BCUT2D eigenvalue weighted by Crippen LogP contribution is 2.48. The fraction of sp³-hybridized carbons (Fsp3) is 0.625. The topological polar surface area (TPSA) is 46.3 Å². The van der Waals surface area contributed by atoms with Gasteiger partial charge in [0, 0.05) is 18.7 Å². The number of carbonyl (C=O) groups is 1. The van der Waals surface area contributed by atoms with Gasteiger partial charge < -0.3 is 9.42 Å². The summed E-state index contributed by atoms with van der Waals surface area (Å²) in [5.74, 6) is 2.30. The summed E-state index contributed by atoms with van der Waals surface area (Å²) in [6.45, 7) is 4.38. The molecule has 4 heteroatoms. The van der Waals surface area contributed by atoms with Gasteiger partial charge in [-0.25, -0.2) is 0 Å². The van der Waals surface area contributed by atoms with Crippen molar-refractivity contribution >= 4 is 5.91 Å². The van der Waals surface area contributed by atoms with E-state index in [0.29, 0.717) is 18.4 Å². The lowest BCUT2D eigenvalue weighted by atomic mass is 10.1. The van der Waals surface area contributed by atoms with Crippen molar-refractivity contribution in [2.24, 2.45) is 11.8 Å². The average molecular weight is 274 g/mol. The summed E-state index contributed by atoms with van der Waals surface area (Å²) in [4.78, 5) is 14.1. The minimum absolute atomic E-state index is 0.110. The molecule has 3 rings (SSSR count). The molecule has 1 amide bonds. The van der Waals surface area contributed by atoms with Crippen molar-refractivity contribution in [1.82, 2.24) is 10.1 Å². The third kappa shape index (κ3) is 2.79. The molecule has 20 heavy (non-hydrogen) atoms. The molecule has 1 aromatic heterocycles. The quantitative estimate of drug-likeness (QED) is 0.775. The summed E-state index contributed by atoms with van der Waals surface area (Å²) in [5.41, 5.74) is 3.30. The fourth-order valence-electron chi connectivity index (χ4n) is 2.70. The van der Waals surface area contributed by atoms with E-state index in [2.05, 4.69) is 5.16 Å². The minimum Gasteiger partial charge on any atom is -0.361 e. The van der Waals surface area contributed by atoms with Crippen molar-refractivity contribution in [1.29, 1.82) is 0 Å². The third-order valence-electron chi connectivity index (χ3n) is 4.34. The van der Waals surface area contributed by atoms with E-state index in [1.54, 1.807) is 4.90 Å². The Balaban J connectivity index is 1.68. The molecule has 2 aliphatic carbocycles. The van der Waals surface area contributed by atoms with Gasteiger partial charge in [0.2, 0.25) is 5.91 Å². The molecule has 0 radical (unpaired) electrons. The Bertz CT molecular complexity index is 517. The van der Waals surface area contributed by atoms with Crippen LogP contribution in [0.25, 0.3) is 0 Å². The molecular formula is C16H22N2O2. The molecule has 2 fully saturated rings. The second kappa shape index (κ2) is 5.08. The van der Waals surface area contributed by atoms with Crippen molar-refractivity contribution in [2.45, 2.75) is 46.1 Å². The molecule has 1 aromatic rings. The van der Waals surface area contributed by atoms with Crippen LogP contribution >= 0.6 is 0 Å². The number of nitrogens with zero attached hydrogens (tertiary/aromatic N) is 2. The Labute approximate surface area is 119 Å². The fourth-order valence-corrected chi connectivity index (χ4v) is 2.70. The van der Waals surface area contributed by atoms with Crippen molar-refractivity contribution < 1.29 is 9.32 Å². The van der Waals surface area contributed by atoms with Gasteiger partial charge in [-0.3, -0.25) is 4.79 Å². The zero-order chi connectivity index (χ0) is 14.3. The number of aryl methyl sites for hydroxylation is 2. The lowest BCUT2D eigenvalue weighted by Gasteiger charge is -2.16. The summed E-state index contributed by atoms with van der Waals surface area (Å²) in [6, 6.07) is 0. The maximum atomic E-state index is 12.4. The second-order valence-corrected chi connectivity index (χ2v) is 6.19. The largest absolute Gasteiger partial charge is 0.361 e. The van der Waals surface area contributed by atoms with E-state index in [1.807, 2.05) is 27.0 Å². The van der Waals surface area contributed by atoms with Crippen molar-refractivity contribution in [3.63, 3.8) is 0 Å². The first-order valence-corrected chi connectivity index (χ1v) is 7.44. The van der Waals surface area contributed by atoms with Crippen LogP contribution in [0.2, 0.25) is 0 Å². The SMILES string of the molecule is Cc1noc(C)c1CN(C)C(=O)C=C(C1CC1)C1CC1. The summed E-state index contributed by atoms with van der Waals surface area (Å²) in [5, 5.41) is 3.94. The predicted molar refractivity (Wildman–Crippen MR) is 76.0 cm³/mol. The number of likely N-dealkylation sites (N-methyl/N-ethyl adjacent to an activating group) is 1. The van der Waals surface area contributed by atoms with Crippen LogP contribution in [0, 0.1) is 25.7 Å². The molecule has 108 valence electrons. The third-order valence-corrected chi connectivity index (χ3v) is 4.34. The maximum absolute atomic E-state index is 12.4. The second-order valence-electron chi connectivity index (χ2n) is 6.19. The van der Waals surface area contributed by atoms with Gasteiger partial charge in [-0.05, 0) is 51.4 Å². The normalized spacial score (nSPS) is 17.9. The van der Waals surface area contributed by atoms with Gasteiger partial charge in [0.05, 0.1) is 12.2 Å². The van der Waals surface area contributed by atoms with Crippen LogP contribution < -0.4 is 0 Å². The first kappa shape index (κ1) is 13.4. The van der Waals surface area contributed by atoms with E-state index in [4.69, 9.17) is 4.52 Å². The van der Waals surface area contributed by atoms with Crippen LogP contribution in [0.5, 0.6) is 0 Å². The molecule has 0 aromatic carbocycles. The van der Waals surface area contributed by atoms with Crippen molar-refractivity contribution in [3.8, 4) is 0 Å². The maximum Gasteiger partial charge on any atom is 0.246 e. The zero-order valence-corrected chi connectivity index (χ0v) is 12.5. The molecule has 1 heterocycles. The van der Waals surface area contributed by atoms with Crippen molar-refractivity contribution in [2.75, 3.05) is 7.05 Å². The molecule has 0 bridgehead atoms. The summed E-state index contributed by atoms with van der Waals surface area (Å²) in [7, 11) is 1.85. The van der Waals surface area contributed by atoms with Crippen molar-refractivity contribution in [3.05, 3.63) is 28.7 Å². The first-order chi connectivity index (χ1) is 9.56. The Morgan fingerprint density at radius 2 is 1.90 bits per heavy atom. The van der Waals surface area contributed by atoms with E-state index in [-0.39, 0.29) is 5.91 Å². The summed E-state index contributed by atoms with van der Waals surface area (Å²) >= 11 is 0. The Hall–Kier alpha value is -1.58. The number of amides is 1. The molecule has 2 saturated carbocycles. The zero-order valence-electron chi connectivity index (χ0n) is 12.5. The Morgan fingerprint density at radius 3 is 2.35 bits per heavy atom. The summed E-state index contributed by atoms with van der Waals surface area (Å²) in [6.07, 6.45) is 6.96. The molecule has 4 nitrogen and oxygen atoms in total. The molecule has 0 aliphatic heterocycles. The van der Waals surface area contributed by atoms with Crippen LogP contribution in [0.15, 0.2) is 16.2 Å². The van der Waals surface area contributed by atoms with E-state index in [9.17, 15) is 4.79 Å².